The van der Waals surface area contributed by atoms with Gasteiger partial charge in [-0.15, -0.1) is 5.10 Å². The molecule has 0 saturated heterocycles. The number of nitrogens with one attached hydrogen (secondary N) is 1. The highest BCUT2D eigenvalue weighted by atomic mass is 32.2. The lowest BCUT2D eigenvalue weighted by molar-refractivity contribution is -0.113. The Bertz CT molecular complexity index is 1180. The van der Waals surface area contributed by atoms with E-state index in [2.05, 4.69) is 25.6 Å². The first-order valence-electron chi connectivity index (χ1n) is 8.84. The van der Waals surface area contributed by atoms with E-state index in [1.165, 1.54) is 18.1 Å². The van der Waals surface area contributed by atoms with Gasteiger partial charge in [-0.2, -0.15) is 4.68 Å². The first kappa shape index (κ1) is 18.9. The minimum Gasteiger partial charge on any atom is -0.497 e. The van der Waals surface area contributed by atoms with Crippen LogP contribution in [0.2, 0.25) is 0 Å². The molecule has 2 aromatic carbocycles. The van der Waals surface area contributed by atoms with Gasteiger partial charge in [0.05, 0.1) is 18.6 Å². The third-order valence-electron chi connectivity index (χ3n) is 4.14. The first-order valence-corrected chi connectivity index (χ1v) is 9.83. The van der Waals surface area contributed by atoms with Gasteiger partial charge in [-0.1, -0.05) is 35.2 Å². The molecule has 4 rings (SSSR count). The third-order valence-corrected chi connectivity index (χ3v) is 5.12. The maximum atomic E-state index is 12.3. The zero-order valence-electron chi connectivity index (χ0n) is 15.9. The van der Waals surface area contributed by atoms with Gasteiger partial charge >= 0.3 is 0 Å². The molecule has 0 saturated carbocycles. The van der Waals surface area contributed by atoms with E-state index in [1.54, 1.807) is 11.8 Å². The van der Waals surface area contributed by atoms with E-state index in [4.69, 9.17) is 4.74 Å². The summed E-state index contributed by atoms with van der Waals surface area (Å²) in [6.07, 6.45) is 1.45. The van der Waals surface area contributed by atoms with Crippen molar-refractivity contribution in [2.24, 2.45) is 0 Å². The van der Waals surface area contributed by atoms with Gasteiger partial charge in [0.15, 0.2) is 11.2 Å². The summed E-state index contributed by atoms with van der Waals surface area (Å²) in [5.74, 6) is 0.793. The van der Waals surface area contributed by atoms with Crippen molar-refractivity contribution >= 4 is 34.5 Å². The Kier molecular flexibility index (Phi) is 5.39. The normalized spacial score (nSPS) is 10.8. The van der Waals surface area contributed by atoms with Gasteiger partial charge in [0.2, 0.25) is 5.91 Å². The number of ether oxygens (including phenoxy) is 1. The van der Waals surface area contributed by atoms with Crippen LogP contribution in [0.4, 0.5) is 5.69 Å². The molecule has 1 N–H and O–H groups in total. The van der Waals surface area contributed by atoms with Gasteiger partial charge in [-0.3, -0.25) is 4.79 Å². The fraction of sp³-hybridized carbons (Fsp3) is 0.150. The van der Waals surface area contributed by atoms with Crippen LogP contribution in [0.25, 0.3) is 16.9 Å². The van der Waals surface area contributed by atoms with Crippen molar-refractivity contribution in [1.29, 1.82) is 0 Å². The molecular weight excluding hydrogens is 388 g/mol. The van der Waals surface area contributed by atoms with Crippen molar-refractivity contribution in [1.82, 2.24) is 25.0 Å². The summed E-state index contributed by atoms with van der Waals surface area (Å²) in [6.45, 7) is 1.98. The van der Waals surface area contributed by atoms with Crippen LogP contribution in [-0.4, -0.2) is 43.7 Å². The van der Waals surface area contributed by atoms with E-state index in [-0.39, 0.29) is 11.7 Å². The van der Waals surface area contributed by atoms with Crippen molar-refractivity contribution in [3.8, 4) is 11.4 Å². The minimum atomic E-state index is -0.118. The summed E-state index contributed by atoms with van der Waals surface area (Å²) in [5, 5.41) is 11.9. The summed E-state index contributed by atoms with van der Waals surface area (Å²) in [7, 11) is 1.61. The number of hydrogen-bond donors (Lipinski definition) is 1. The number of fused-ring (bicyclic) bond motifs is 1. The van der Waals surface area contributed by atoms with Gasteiger partial charge in [0.25, 0.3) is 0 Å². The Hall–Kier alpha value is -3.46. The van der Waals surface area contributed by atoms with E-state index in [0.29, 0.717) is 21.9 Å². The molecule has 8 nitrogen and oxygen atoms in total. The molecule has 0 radical (unpaired) electrons. The number of aromatic nitrogens is 5. The highest BCUT2D eigenvalue weighted by Gasteiger charge is 2.15. The van der Waals surface area contributed by atoms with E-state index < -0.39 is 0 Å². The standard InChI is InChI=1S/C20H18N6O2S/c1-13-5-3-6-14(9-13)23-17(27)11-29-20-18-19(21-12-22-20)26(25-24-18)15-7-4-8-16(10-15)28-2/h3-10,12H,11H2,1-2H3,(H,23,27). The Balaban J connectivity index is 1.53. The van der Waals surface area contributed by atoms with Crippen molar-refractivity contribution in [3.05, 3.63) is 60.4 Å². The molecule has 0 aliphatic rings. The summed E-state index contributed by atoms with van der Waals surface area (Å²) in [6, 6.07) is 15.1. The molecule has 0 atom stereocenters. The highest BCUT2D eigenvalue weighted by molar-refractivity contribution is 8.00. The molecule has 1 amide bonds. The lowest BCUT2D eigenvalue weighted by Gasteiger charge is -2.06. The molecule has 2 aromatic heterocycles. The number of nitrogens with zero attached hydrogens (tertiary/aromatic N) is 5. The van der Waals surface area contributed by atoms with Gasteiger partial charge in [-0.25, -0.2) is 9.97 Å². The Labute approximate surface area is 171 Å². The topological polar surface area (TPSA) is 94.8 Å². The van der Waals surface area contributed by atoms with E-state index >= 15 is 0 Å². The minimum absolute atomic E-state index is 0.118. The zero-order chi connectivity index (χ0) is 20.2. The molecule has 0 aliphatic carbocycles. The molecule has 0 aliphatic heterocycles. The smallest absolute Gasteiger partial charge is 0.234 e. The van der Waals surface area contributed by atoms with Gasteiger partial charge in [0, 0.05) is 11.8 Å². The van der Waals surface area contributed by atoms with Crippen LogP contribution >= 0.6 is 11.8 Å². The summed E-state index contributed by atoms with van der Waals surface area (Å²) in [4.78, 5) is 20.9. The van der Waals surface area contributed by atoms with Crippen molar-refractivity contribution in [2.45, 2.75) is 11.9 Å². The molecule has 146 valence electrons. The van der Waals surface area contributed by atoms with Crippen molar-refractivity contribution in [3.63, 3.8) is 0 Å². The van der Waals surface area contributed by atoms with Crippen LogP contribution < -0.4 is 10.1 Å². The largest absolute Gasteiger partial charge is 0.497 e. The van der Waals surface area contributed by atoms with E-state index in [1.807, 2.05) is 55.5 Å². The highest BCUT2D eigenvalue weighted by Crippen LogP contribution is 2.25. The Morgan fingerprint density at radius 2 is 2.03 bits per heavy atom. The van der Waals surface area contributed by atoms with Crippen molar-refractivity contribution < 1.29 is 9.53 Å². The molecule has 0 bridgehead atoms. The molecule has 0 spiro atoms. The molecule has 29 heavy (non-hydrogen) atoms. The number of aryl methyl sites for hydroxylation is 1. The van der Waals surface area contributed by atoms with Crippen LogP contribution in [-0.2, 0) is 4.79 Å². The second kappa shape index (κ2) is 8.27. The van der Waals surface area contributed by atoms with Crippen molar-refractivity contribution in [2.75, 3.05) is 18.2 Å². The Morgan fingerprint density at radius 1 is 1.17 bits per heavy atom. The van der Waals surface area contributed by atoms with Crippen LogP contribution in [0.1, 0.15) is 5.56 Å². The SMILES string of the molecule is COc1cccc(-n2nnc3c(SCC(=O)Nc4cccc(C)c4)ncnc32)c1. The predicted molar refractivity (Wildman–Crippen MR) is 112 cm³/mol. The second-order valence-electron chi connectivity index (χ2n) is 6.26. The molecule has 0 unspecified atom stereocenters. The van der Waals surface area contributed by atoms with Gasteiger partial charge in [-0.05, 0) is 36.8 Å². The lowest BCUT2D eigenvalue weighted by Crippen LogP contribution is -2.14. The second-order valence-corrected chi connectivity index (χ2v) is 7.22. The molecule has 0 fully saturated rings. The van der Waals surface area contributed by atoms with Gasteiger partial charge < -0.3 is 10.1 Å². The average Bonchev–Trinajstić information content (AvgIpc) is 3.17. The maximum Gasteiger partial charge on any atom is 0.234 e. The summed E-state index contributed by atoms with van der Waals surface area (Å²) >= 11 is 1.29. The van der Waals surface area contributed by atoms with Gasteiger partial charge in [0.1, 0.15) is 17.1 Å². The fourth-order valence-corrected chi connectivity index (χ4v) is 3.53. The van der Waals surface area contributed by atoms with Crippen LogP contribution in [0.5, 0.6) is 5.75 Å². The van der Waals surface area contributed by atoms with E-state index in [9.17, 15) is 4.79 Å². The Morgan fingerprint density at radius 3 is 2.86 bits per heavy atom. The maximum absolute atomic E-state index is 12.3. The third kappa shape index (κ3) is 4.19. The molecule has 9 heteroatoms. The number of carbonyl (C=O) groups is 1. The number of methoxy groups -OCH3 is 1. The quantitative estimate of drug-likeness (QED) is 0.388. The number of hydrogen-bond acceptors (Lipinski definition) is 7. The number of benzene rings is 2. The fourth-order valence-electron chi connectivity index (χ4n) is 2.80. The average molecular weight is 406 g/mol. The number of thioether (sulfide) groups is 1. The molecule has 2 heterocycles. The number of carbonyl (C=O) groups excluding carboxylic acids is 1. The number of amides is 1. The monoisotopic (exact) mass is 406 g/mol. The number of anilines is 1. The van der Waals surface area contributed by atoms with E-state index in [0.717, 1.165) is 16.9 Å². The van der Waals surface area contributed by atoms with Crippen LogP contribution in [0, 0.1) is 6.92 Å². The summed E-state index contributed by atoms with van der Waals surface area (Å²) in [5.41, 5.74) is 3.74. The predicted octanol–water partition coefficient (Wildman–Crippen LogP) is 3.26. The lowest BCUT2D eigenvalue weighted by atomic mass is 10.2. The molecule has 4 aromatic rings. The first-order chi connectivity index (χ1) is 14.1. The summed E-state index contributed by atoms with van der Waals surface area (Å²) < 4.78 is 6.89. The molecular formula is C20H18N6O2S. The number of rotatable bonds is 6. The zero-order valence-corrected chi connectivity index (χ0v) is 16.7. The van der Waals surface area contributed by atoms with Crippen LogP contribution in [0.3, 0.4) is 0 Å². The van der Waals surface area contributed by atoms with Crippen LogP contribution in [0.15, 0.2) is 59.9 Å².